The predicted octanol–water partition coefficient (Wildman–Crippen LogP) is 3.95. The van der Waals surface area contributed by atoms with Crippen LogP contribution in [0.2, 0.25) is 0 Å². The second kappa shape index (κ2) is 8.84. The summed E-state index contributed by atoms with van der Waals surface area (Å²) >= 11 is 1.53. The lowest BCUT2D eigenvalue weighted by atomic mass is 10.2. The van der Waals surface area contributed by atoms with Gasteiger partial charge in [0.25, 0.3) is 5.91 Å². The summed E-state index contributed by atoms with van der Waals surface area (Å²) in [5, 5.41) is 3.51. The van der Waals surface area contributed by atoms with E-state index in [1.807, 2.05) is 30.3 Å². The molecule has 31 heavy (non-hydrogen) atoms. The molecule has 0 fully saturated rings. The molecule has 0 unspecified atom stereocenters. The smallest absolute Gasteiger partial charge is 0.251 e. The third-order valence-electron chi connectivity index (χ3n) is 4.41. The van der Waals surface area contributed by atoms with E-state index in [0.717, 1.165) is 15.2 Å². The molecule has 0 saturated heterocycles. The largest absolute Gasteiger partial charge is 0.457 e. The Morgan fingerprint density at radius 2 is 1.97 bits per heavy atom. The third-order valence-corrected chi connectivity index (χ3v) is 6.89. The minimum absolute atomic E-state index is 0.0121. The fraction of sp³-hybridized carbons (Fsp3) is 0.0909. The molecule has 0 radical (unpaired) electrons. The maximum atomic E-state index is 12.5. The van der Waals surface area contributed by atoms with Crippen LogP contribution in [-0.2, 0) is 16.6 Å². The Hall–Kier alpha value is -3.27. The molecule has 0 spiro atoms. The average Bonchev–Trinajstić information content (AvgIpc) is 3.43. The molecule has 2 aromatic heterocycles. The summed E-state index contributed by atoms with van der Waals surface area (Å²) in [5.41, 5.74) is 1.14. The first-order valence-corrected chi connectivity index (χ1v) is 11.7. The quantitative estimate of drug-likeness (QED) is 0.394. The monoisotopic (exact) mass is 453 g/mol. The first kappa shape index (κ1) is 21.0. The predicted molar refractivity (Wildman–Crippen MR) is 120 cm³/mol. The number of carbonyl (C=O) groups is 1. The van der Waals surface area contributed by atoms with Crippen molar-refractivity contribution in [3.63, 3.8) is 0 Å². The van der Waals surface area contributed by atoms with Crippen molar-refractivity contribution in [3.05, 3.63) is 84.6 Å². The van der Waals surface area contributed by atoms with Crippen LogP contribution >= 0.6 is 11.3 Å². The Bertz CT molecular complexity index is 1320. The normalized spacial score (nSPS) is 11.5. The zero-order valence-corrected chi connectivity index (χ0v) is 18.0. The number of carbonyl (C=O) groups excluding carboxylic acids is 1. The van der Waals surface area contributed by atoms with Crippen molar-refractivity contribution < 1.29 is 17.6 Å². The number of para-hydroxylation sites is 1. The second-order valence-corrected chi connectivity index (χ2v) is 9.40. The third kappa shape index (κ3) is 4.74. The minimum Gasteiger partial charge on any atom is -0.457 e. The van der Waals surface area contributed by atoms with Gasteiger partial charge < -0.3 is 9.73 Å². The van der Waals surface area contributed by atoms with Gasteiger partial charge in [0.15, 0.2) is 10.8 Å². The topological polar surface area (TPSA) is 101 Å². The molecule has 158 valence electrons. The van der Waals surface area contributed by atoms with Gasteiger partial charge >= 0.3 is 0 Å². The van der Waals surface area contributed by atoms with Crippen LogP contribution in [0, 0.1) is 0 Å². The number of hydrogen-bond acceptors (Lipinski definition) is 6. The summed E-state index contributed by atoms with van der Waals surface area (Å²) in [6.45, 7) is 3.75. The van der Waals surface area contributed by atoms with Crippen molar-refractivity contribution in [2.24, 2.45) is 0 Å². The molecule has 4 aromatic rings. The minimum atomic E-state index is -3.71. The average molecular weight is 454 g/mol. The fourth-order valence-electron chi connectivity index (χ4n) is 2.89. The van der Waals surface area contributed by atoms with Crippen molar-refractivity contribution >= 4 is 37.5 Å². The van der Waals surface area contributed by atoms with Gasteiger partial charge in [0.05, 0.1) is 21.7 Å². The molecule has 0 aliphatic heterocycles. The van der Waals surface area contributed by atoms with E-state index in [1.165, 1.54) is 35.6 Å². The number of furan rings is 1. The van der Waals surface area contributed by atoms with Crippen LogP contribution in [0.15, 0.2) is 82.6 Å². The molecule has 0 atom stereocenters. The van der Waals surface area contributed by atoms with Crippen LogP contribution in [0.3, 0.4) is 0 Å². The molecule has 2 aromatic carbocycles. The zero-order valence-electron chi connectivity index (χ0n) is 16.4. The molecular formula is C22H19N3O4S2. The van der Waals surface area contributed by atoms with Gasteiger partial charge in [-0.25, -0.2) is 18.1 Å². The summed E-state index contributed by atoms with van der Waals surface area (Å²) in [6.07, 6.45) is 1.44. The summed E-state index contributed by atoms with van der Waals surface area (Å²) in [5.74, 6) is 0.796. The lowest BCUT2D eigenvalue weighted by Gasteiger charge is -2.07. The van der Waals surface area contributed by atoms with E-state index in [4.69, 9.17) is 4.42 Å². The van der Waals surface area contributed by atoms with Gasteiger partial charge in [-0.15, -0.1) is 17.9 Å². The first-order chi connectivity index (χ1) is 15.0. The molecule has 9 heteroatoms. The van der Waals surface area contributed by atoms with Gasteiger partial charge in [-0.2, -0.15) is 0 Å². The van der Waals surface area contributed by atoms with Gasteiger partial charge in [-0.1, -0.05) is 24.3 Å². The van der Waals surface area contributed by atoms with Gasteiger partial charge in [-0.05, 0) is 42.5 Å². The van der Waals surface area contributed by atoms with E-state index in [1.54, 1.807) is 12.1 Å². The number of nitrogens with zero attached hydrogens (tertiary/aromatic N) is 1. The standard InChI is InChI=1S/C22H19N3O4S2/c1-2-12-24-31(27,28)17-7-5-6-15(13-17)21(26)23-14-16-10-11-19(29-16)22-25-18-8-3-4-9-20(18)30-22/h2-11,13,24H,1,12,14H2,(H,23,26). The SMILES string of the molecule is C=CCNS(=O)(=O)c1cccc(C(=O)NCc2ccc(-c3nc4ccccc4s3)o2)c1. The molecule has 4 rings (SSSR count). The van der Waals surface area contributed by atoms with Crippen LogP contribution in [0.5, 0.6) is 0 Å². The molecule has 7 nitrogen and oxygen atoms in total. The number of benzene rings is 2. The van der Waals surface area contributed by atoms with Gasteiger partial charge in [0.2, 0.25) is 10.0 Å². The number of amides is 1. The van der Waals surface area contributed by atoms with Crippen LogP contribution in [0.4, 0.5) is 0 Å². The maximum absolute atomic E-state index is 12.5. The van der Waals surface area contributed by atoms with Gasteiger partial charge in [-0.3, -0.25) is 4.79 Å². The van der Waals surface area contributed by atoms with E-state index in [-0.39, 0.29) is 23.5 Å². The van der Waals surface area contributed by atoms with Crippen LogP contribution in [-0.4, -0.2) is 25.9 Å². The van der Waals surface area contributed by atoms with E-state index < -0.39 is 15.9 Å². The number of nitrogens with one attached hydrogen (secondary N) is 2. The molecule has 0 saturated carbocycles. The van der Waals surface area contributed by atoms with Crippen molar-refractivity contribution in [3.8, 4) is 10.8 Å². The Labute approximate surface area is 183 Å². The highest BCUT2D eigenvalue weighted by Gasteiger charge is 2.16. The summed E-state index contributed by atoms with van der Waals surface area (Å²) < 4.78 is 33.7. The number of hydrogen-bond donors (Lipinski definition) is 2. The Balaban J connectivity index is 1.44. The molecule has 0 aliphatic carbocycles. The molecule has 1 amide bonds. The van der Waals surface area contributed by atoms with E-state index in [0.29, 0.717) is 11.5 Å². The Morgan fingerprint density at radius 3 is 2.77 bits per heavy atom. The van der Waals surface area contributed by atoms with Crippen molar-refractivity contribution in [1.29, 1.82) is 0 Å². The lowest BCUT2D eigenvalue weighted by Crippen LogP contribution is -2.25. The van der Waals surface area contributed by atoms with Crippen LogP contribution in [0.1, 0.15) is 16.1 Å². The first-order valence-electron chi connectivity index (χ1n) is 9.40. The highest BCUT2D eigenvalue weighted by Crippen LogP contribution is 2.31. The van der Waals surface area contributed by atoms with Crippen LogP contribution < -0.4 is 10.0 Å². The van der Waals surface area contributed by atoms with E-state index in [9.17, 15) is 13.2 Å². The Kier molecular flexibility index (Phi) is 5.99. The summed E-state index contributed by atoms with van der Waals surface area (Å²) in [4.78, 5) is 17.1. The Morgan fingerprint density at radius 1 is 1.13 bits per heavy atom. The number of rotatable bonds is 8. The van der Waals surface area contributed by atoms with Crippen molar-refractivity contribution in [1.82, 2.24) is 15.0 Å². The number of aromatic nitrogens is 1. The lowest BCUT2D eigenvalue weighted by molar-refractivity contribution is 0.0948. The van der Waals surface area contributed by atoms with Crippen molar-refractivity contribution in [2.45, 2.75) is 11.4 Å². The molecule has 2 heterocycles. The van der Waals surface area contributed by atoms with Gasteiger partial charge in [0.1, 0.15) is 5.76 Å². The fourth-order valence-corrected chi connectivity index (χ4v) is 4.86. The van der Waals surface area contributed by atoms with E-state index >= 15 is 0 Å². The molecular weight excluding hydrogens is 434 g/mol. The van der Waals surface area contributed by atoms with Crippen LogP contribution in [0.25, 0.3) is 21.0 Å². The van der Waals surface area contributed by atoms with Crippen molar-refractivity contribution in [2.75, 3.05) is 6.54 Å². The molecule has 2 N–H and O–H groups in total. The maximum Gasteiger partial charge on any atom is 0.251 e. The summed E-state index contributed by atoms with van der Waals surface area (Å²) in [7, 11) is -3.71. The highest BCUT2D eigenvalue weighted by atomic mass is 32.2. The number of fused-ring (bicyclic) bond motifs is 1. The zero-order chi connectivity index (χ0) is 21.8. The molecule has 0 aliphatic rings. The molecule has 0 bridgehead atoms. The summed E-state index contributed by atoms with van der Waals surface area (Å²) in [6, 6.07) is 17.3. The second-order valence-electron chi connectivity index (χ2n) is 6.60. The number of sulfonamides is 1. The highest BCUT2D eigenvalue weighted by molar-refractivity contribution is 7.89. The van der Waals surface area contributed by atoms with E-state index in [2.05, 4.69) is 21.6 Å². The number of thiazole rings is 1. The van der Waals surface area contributed by atoms with Gasteiger partial charge in [0, 0.05) is 12.1 Å².